The third kappa shape index (κ3) is 2.98. The number of halogens is 1. The highest BCUT2D eigenvalue weighted by Crippen LogP contribution is 2.38. The number of hydrogen-bond donors (Lipinski definition) is 3. The van der Waals surface area contributed by atoms with E-state index < -0.39 is 0 Å². The molecule has 5 heteroatoms. The van der Waals surface area contributed by atoms with E-state index in [1.54, 1.807) is 12.1 Å². The van der Waals surface area contributed by atoms with Gasteiger partial charge < -0.3 is 16.4 Å². The van der Waals surface area contributed by atoms with Gasteiger partial charge in [0.2, 0.25) is 0 Å². The Hall–Kier alpha value is -1.62. The molecule has 1 unspecified atom stereocenters. The number of anilines is 1. The lowest BCUT2D eigenvalue weighted by molar-refractivity contribution is 0.234. The van der Waals surface area contributed by atoms with Gasteiger partial charge in [-0.25, -0.2) is 9.18 Å². The van der Waals surface area contributed by atoms with Gasteiger partial charge in [-0.2, -0.15) is 0 Å². The molecule has 2 amide bonds. The van der Waals surface area contributed by atoms with Crippen LogP contribution in [0.1, 0.15) is 19.8 Å². The van der Waals surface area contributed by atoms with Crippen molar-refractivity contribution in [2.24, 2.45) is 11.7 Å². The van der Waals surface area contributed by atoms with Gasteiger partial charge in [-0.15, -0.1) is 0 Å². The van der Waals surface area contributed by atoms with Gasteiger partial charge in [0.1, 0.15) is 5.82 Å². The summed E-state index contributed by atoms with van der Waals surface area (Å²) in [7, 11) is 0. The molecule has 0 radical (unpaired) electrons. The number of nitrogens with one attached hydrogen (secondary N) is 2. The van der Waals surface area contributed by atoms with Crippen molar-refractivity contribution in [3.63, 3.8) is 0 Å². The van der Waals surface area contributed by atoms with Gasteiger partial charge in [-0.05, 0) is 43.9 Å². The number of hydrogen-bond acceptors (Lipinski definition) is 2. The maximum Gasteiger partial charge on any atom is 0.319 e. The highest BCUT2D eigenvalue weighted by Gasteiger charge is 2.41. The van der Waals surface area contributed by atoms with Gasteiger partial charge in [-0.3, -0.25) is 0 Å². The molecule has 1 fully saturated rings. The summed E-state index contributed by atoms with van der Waals surface area (Å²) in [5, 5.41) is 5.49. The largest absolute Gasteiger partial charge is 0.331 e. The van der Waals surface area contributed by atoms with Crippen LogP contribution < -0.4 is 16.4 Å². The molecule has 18 heavy (non-hydrogen) atoms. The summed E-state index contributed by atoms with van der Waals surface area (Å²) in [6.07, 6.45) is 2.18. The fourth-order valence-corrected chi connectivity index (χ4v) is 2.03. The zero-order valence-corrected chi connectivity index (χ0v) is 10.4. The summed E-state index contributed by atoms with van der Waals surface area (Å²) in [6, 6.07) is 5.45. The minimum Gasteiger partial charge on any atom is -0.331 e. The van der Waals surface area contributed by atoms with E-state index in [9.17, 15) is 9.18 Å². The van der Waals surface area contributed by atoms with Crippen LogP contribution in [0.15, 0.2) is 24.3 Å². The number of carbonyl (C=O) groups excluding carboxylic acids is 1. The Balaban J connectivity index is 1.96. The number of urea groups is 1. The highest BCUT2D eigenvalue weighted by atomic mass is 19.1. The van der Waals surface area contributed by atoms with Crippen LogP contribution in [0.4, 0.5) is 14.9 Å². The van der Waals surface area contributed by atoms with Crippen LogP contribution in [0.3, 0.4) is 0 Å². The number of amides is 2. The maximum absolute atomic E-state index is 13.0. The fourth-order valence-electron chi connectivity index (χ4n) is 2.03. The second kappa shape index (κ2) is 4.94. The molecular formula is C13H18FN3O. The van der Waals surface area contributed by atoms with E-state index in [0.717, 1.165) is 12.8 Å². The predicted molar refractivity (Wildman–Crippen MR) is 68.7 cm³/mol. The molecule has 0 saturated heterocycles. The Morgan fingerprint density at radius 3 is 2.83 bits per heavy atom. The van der Waals surface area contributed by atoms with E-state index in [1.165, 1.54) is 12.1 Å². The first-order valence-electron chi connectivity index (χ1n) is 6.08. The summed E-state index contributed by atoms with van der Waals surface area (Å²) in [4.78, 5) is 11.8. The summed E-state index contributed by atoms with van der Waals surface area (Å²) in [5.41, 5.74) is 5.77. The second-order valence-electron chi connectivity index (χ2n) is 4.99. The van der Waals surface area contributed by atoms with Crippen LogP contribution in [-0.4, -0.2) is 18.1 Å². The van der Waals surface area contributed by atoms with E-state index >= 15 is 0 Å². The monoisotopic (exact) mass is 251 g/mol. The molecule has 2 rings (SSSR count). The van der Waals surface area contributed by atoms with Crippen molar-refractivity contribution < 1.29 is 9.18 Å². The normalized spacial score (nSPS) is 17.9. The molecule has 1 aromatic carbocycles. The predicted octanol–water partition coefficient (Wildman–Crippen LogP) is 2.07. The van der Waals surface area contributed by atoms with E-state index in [2.05, 4.69) is 10.6 Å². The fraction of sp³-hybridized carbons (Fsp3) is 0.462. The van der Waals surface area contributed by atoms with Crippen molar-refractivity contribution in [2.75, 3.05) is 11.9 Å². The molecular weight excluding hydrogens is 233 g/mol. The van der Waals surface area contributed by atoms with Crippen LogP contribution in [0, 0.1) is 11.7 Å². The molecule has 0 aliphatic heterocycles. The summed E-state index contributed by atoms with van der Waals surface area (Å²) < 4.78 is 13.0. The van der Waals surface area contributed by atoms with Crippen LogP contribution >= 0.6 is 0 Å². The summed E-state index contributed by atoms with van der Waals surface area (Å²) >= 11 is 0. The third-order valence-corrected chi connectivity index (χ3v) is 3.38. The van der Waals surface area contributed by atoms with Crippen LogP contribution in [0.2, 0.25) is 0 Å². The van der Waals surface area contributed by atoms with Gasteiger partial charge in [0.15, 0.2) is 0 Å². The Bertz CT molecular complexity index is 448. The molecule has 0 aromatic heterocycles. The van der Waals surface area contributed by atoms with E-state index in [-0.39, 0.29) is 17.4 Å². The minimum absolute atomic E-state index is 0.347. The molecule has 4 nitrogen and oxygen atoms in total. The average molecular weight is 251 g/mol. The summed E-state index contributed by atoms with van der Waals surface area (Å²) in [5.74, 6) is 0.0670. The maximum atomic E-state index is 13.0. The van der Waals surface area contributed by atoms with Crippen molar-refractivity contribution in [3.05, 3.63) is 30.1 Å². The Kier molecular flexibility index (Phi) is 3.52. The first kappa shape index (κ1) is 12.8. The quantitative estimate of drug-likeness (QED) is 0.767. The SMILES string of the molecule is CC(CN)(NC(=O)Nc1cccc(F)c1)C1CC1. The molecule has 1 aliphatic carbocycles. The van der Waals surface area contributed by atoms with Crippen molar-refractivity contribution in [1.82, 2.24) is 5.32 Å². The topological polar surface area (TPSA) is 67.1 Å². The number of carbonyl (C=O) groups is 1. The van der Waals surface area contributed by atoms with Crippen LogP contribution in [0.5, 0.6) is 0 Å². The molecule has 0 heterocycles. The Morgan fingerprint density at radius 1 is 1.56 bits per heavy atom. The lowest BCUT2D eigenvalue weighted by Gasteiger charge is -2.29. The number of nitrogens with two attached hydrogens (primary N) is 1. The van der Waals surface area contributed by atoms with Crippen molar-refractivity contribution in [2.45, 2.75) is 25.3 Å². The third-order valence-electron chi connectivity index (χ3n) is 3.38. The van der Waals surface area contributed by atoms with E-state index in [0.29, 0.717) is 18.2 Å². The first-order chi connectivity index (χ1) is 8.53. The second-order valence-corrected chi connectivity index (χ2v) is 4.99. The Labute approximate surface area is 106 Å². The van der Waals surface area contributed by atoms with Gasteiger partial charge in [0.25, 0.3) is 0 Å². The van der Waals surface area contributed by atoms with Crippen LogP contribution in [0.25, 0.3) is 0 Å². The Morgan fingerprint density at radius 2 is 2.28 bits per heavy atom. The standard InChI is InChI=1S/C13H18FN3O/c1-13(8-15,9-5-6-9)17-12(18)16-11-4-2-3-10(14)7-11/h2-4,7,9H,5-6,8,15H2,1H3,(H2,16,17,18). The summed E-state index contributed by atoms with van der Waals surface area (Å²) in [6.45, 7) is 2.34. The average Bonchev–Trinajstić information content (AvgIpc) is 3.12. The zero-order valence-electron chi connectivity index (χ0n) is 10.4. The van der Waals surface area contributed by atoms with E-state index in [4.69, 9.17) is 5.73 Å². The lowest BCUT2D eigenvalue weighted by atomic mass is 9.96. The van der Waals surface area contributed by atoms with Crippen molar-refractivity contribution in [1.29, 1.82) is 0 Å². The molecule has 4 N–H and O–H groups in total. The zero-order chi connectivity index (χ0) is 13.2. The molecule has 1 aliphatic rings. The highest BCUT2D eigenvalue weighted by molar-refractivity contribution is 5.89. The van der Waals surface area contributed by atoms with Crippen molar-refractivity contribution >= 4 is 11.7 Å². The number of rotatable bonds is 4. The number of benzene rings is 1. The smallest absolute Gasteiger partial charge is 0.319 e. The molecule has 0 spiro atoms. The van der Waals surface area contributed by atoms with Gasteiger partial charge in [0, 0.05) is 12.2 Å². The molecule has 98 valence electrons. The van der Waals surface area contributed by atoms with Crippen LogP contribution in [-0.2, 0) is 0 Å². The van der Waals surface area contributed by atoms with Gasteiger partial charge >= 0.3 is 6.03 Å². The van der Waals surface area contributed by atoms with E-state index in [1.807, 2.05) is 6.92 Å². The molecule has 1 aromatic rings. The van der Waals surface area contributed by atoms with Gasteiger partial charge in [-0.1, -0.05) is 6.07 Å². The first-order valence-corrected chi connectivity index (χ1v) is 6.08. The molecule has 1 atom stereocenters. The molecule has 1 saturated carbocycles. The van der Waals surface area contributed by atoms with Gasteiger partial charge in [0.05, 0.1) is 5.54 Å². The molecule has 0 bridgehead atoms. The van der Waals surface area contributed by atoms with Crippen molar-refractivity contribution in [3.8, 4) is 0 Å². The minimum atomic E-state index is -0.378. The lowest BCUT2D eigenvalue weighted by Crippen LogP contribution is -2.54.